The maximum atomic E-state index is 10.7. The van der Waals surface area contributed by atoms with E-state index >= 15 is 0 Å². The number of carboxylic acid groups (broad SMARTS) is 1. The van der Waals surface area contributed by atoms with Crippen LogP contribution in [0.5, 0.6) is 0 Å². The molecule has 0 amide bonds. The van der Waals surface area contributed by atoms with Crippen LogP contribution in [0.2, 0.25) is 0 Å². The molecule has 0 spiro atoms. The summed E-state index contributed by atoms with van der Waals surface area (Å²) in [6, 6.07) is 0. The molecule has 1 saturated heterocycles. The third kappa shape index (κ3) is 3.24. The number of rotatable bonds is 4. The summed E-state index contributed by atoms with van der Waals surface area (Å²) in [7, 11) is 0. The lowest BCUT2D eigenvalue weighted by Gasteiger charge is -2.33. The number of piperazine rings is 1. The van der Waals surface area contributed by atoms with Gasteiger partial charge in [-0.25, -0.2) is 14.8 Å². The van der Waals surface area contributed by atoms with Crippen molar-refractivity contribution in [1.82, 2.24) is 19.8 Å². The average molecular weight is 250 g/mol. The van der Waals surface area contributed by atoms with Crippen LogP contribution in [0.4, 0.5) is 0 Å². The molecule has 6 nitrogen and oxygen atoms in total. The zero-order valence-electron chi connectivity index (χ0n) is 10.5. The van der Waals surface area contributed by atoms with Gasteiger partial charge in [-0.1, -0.05) is 6.92 Å². The van der Waals surface area contributed by atoms with E-state index in [1.165, 1.54) is 12.4 Å². The van der Waals surface area contributed by atoms with Crippen LogP contribution in [0.15, 0.2) is 12.4 Å². The first-order valence-electron chi connectivity index (χ1n) is 6.18. The Kier molecular flexibility index (Phi) is 4.22. The number of carboxylic acids is 1. The van der Waals surface area contributed by atoms with E-state index < -0.39 is 5.97 Å². The van der Waals surface area contributed by atoms with Crippen LogP contribution in [0.25, 0.3) is 0 Å². The molecule has 1 fully saturated rings. The number of aromatic nitrogens is 2. The fourth-order valence-corrected chi connectivity index (χ4v) is 2.01. The number of likely N-dealkylation sites (N-methyl/N-ethyl adjacent to an activating group) is 1. The van der Waals surface area contributed by atoms with Gasteiger partial charge in [-0.3, -0.25) is 4.90 Å². The fraction of sp³-hybridized carbons (Fsp3) is 0.583. The second-order valence-electron chi connectivity index (χ2n) is 4.40. The standard InChI is InChI=1S/C12H18N4O2/c1-2-15-3-5-16(6-4-15)9-11-13-7-10(8-14-11)12(17)18/h7-8H,2-6,9H2,1H3,(H,17,18). The quantitative estimate of drug-likeness (QED) is 0.829. The first kappa shape index (κ1) is 12.9. The van der Waals surface area contributed by atoms with Gasteiger partial charge in [-0.05, 0) is 6.54 Å². The molecule has 0 aliphatic carbocycles. The monoisotopic (exact) mass is 250 g/mol. The van der Waals surface area contributed by atoms with Crippen LogP contribution < -0.4 is 0 Å². The van der Waals surface area contributed by atoms with Gasteiger partial charge in [0, 0.05) is 38.6 Å². The summed E-state index contributed by atoms with van der Waals surface area (Å²) in [5.41, 5.74) is 0.134. The molecule has 0 radical (unpaired) electrons. The summed E-state index contributed by atoms with van der Waals surface area (Å²) in [5, 5.41) is 8.76. The van der Waals surface area contributed by atoms with Gasteiger partial charge in [0.1, 0.15) is 5.82 Å². The third-order valence-electron chi connectivity index (χ3n) is 3.23. The van der Waals surface area contributed by atoms with Gasteiger partial charge < -0.3 is 10.0 Å². The molecule has 0 aromatic carbocycles. The van der Waals surface area contributed by atoms with Crippen LogP contribution in [0, 0.1) is 0 Å². The first-order chi connectivity index (χ1) is 8.69. The molecular formula is C12H18N4O2. The molecule has 2 heterocycles. The van der Waals surface area contributed by atoms with Crippen molar-refractivity contribution in [2.24, 2.45) is 0 Å². The highest BCUT2D eigenvalue weighted by Gasteiger charge is 2.16. The van der Waals surface area contributed by atoms with E-state index in [4.69, 9.17) is 5.11 Å². The smallest absolute Gasteiger partial charge is 0.338 e. The maximum Gasteiger partial charge on any atom is 0.338 e. The number of hydrogen-bond acceptors (Lipinski definition) is 5. The number of nitrogens with zero attached hydrogens (tertiary/aromatic N) is 4. The highest BCUT2D eigenvalue weighted by atomic mass is 16.4. The molecular weight excluding hydrogens is 232 g/mol. The van der Waals surface area contributed by atoms with E-state index in [0.29, 0.717) is 12.4 Å². The maximum absolute atomic E-state index is 10.7. The number of carbonyl (C=O) groups is 1. The Balaban J connectivity index is 1.88. The van der Waals surface area contributed by atoms with Crippen molar-refractivity contribution in [1.29, 1.82) is 0 Å². The minimum Gasteiger partial charge on any atom is -0.478 e. The summed E-state index contributed by atoms with van der Waals surface area (Å²) < 4.78 is 0. The topological polar surface area (TPSA) is 69.6 Å². The van der Waals surface area contributed by atoms with E-state index in [2.05, 4.69) is 26.7 Å². The minimum absolute atomic E-state index is 0.134. The Morgan fingerprint density at radius 1 is 1.22 bits per heavy atom. The van der Waals surface area contributed by atoms with E-state index in [1.54, 1.807) is 0 Å². The van der Waals surface area contributed by atoms with Crippen LogP contribution in [-0.4, -0.2) is 63.6 Å². The summed E-state index contributed by atoms with van der Waals surface area (Å²) >= 11 is 0. The average Bonchev–Trinajstić information content (AvgIpc) is 2.40. The zero-order valence-corrected chi connectivity index (χ0v) is 10.5. The van der Waals surface area contributed by atoms with Gasteiger partial charge in [-0.2, -0.15) is 0 Å². The summed E-state index contributed by atoms with van der Waals surface area (Å²) in [4.78, 5) is 23.5. The highest BCUT2D eigenvalue weighted by molar-refractivity contribution is 5.86. The highest BCUT2D eigenvalue weighted by Crippen LogP contribution is 2.05. The Labute approximate surface area is 106 Å². The lowest BCUT2D eigenvalue weighted by atomic mass is 10.3. The summed E-state index contributed by atoms with van der Waals surface area (Å²) in [6.07, 6.45) is 2.74. The van der Waals surface area contributed by atoms with Gasteiger partial charge in [0.25, 0.3) is 0 Å². The predicted octanol–water partition coefficient (Wildman–Crippen LogP) is 0.312. The van der Waals surface area contributed by atoms with Crippen molar-refractivity contribution in [3.8, 4) is 0 Å². The second-order valence-corrected chi connectivity index (χ2v) is 4.40. The molecule has 1 aliphatic rings. The van der Waals surface area contributed by atoms with E-state index in [0.717, 1.165) is 32.7 Å². The lowest BCUT2D eigenvalue weighted by Crippen LogP contribution is -2.45. The Hall–Kier alpha value is -1.53. The predicted molar refractivity (Wildman–Crippen MR) is 66.4 cm³/mol. The molecule has 0 unspecified atom stereocenters. The van der Waals surface area contributed by atoms with Gasteiger partial charge in [-0.15, -0.1) is 0 Å². The van der Waals surface area contributed by atoms with Crippen molar-refractivity contribution in [3.05, 3.63) is 23.8 Å². The first-order valence-corrected chi connectivity index (χ1v) is 6.18. The molecule has 6 heteroatoms. The summed E-state index contributed by atoms with van der Waals surface area (Å²) in [6.45, 7) is 8.13. The van der Waals surface area contributed by atoms with E-state index in [-0.39, 0.29) is 5.56 Å². The third-order valence-corrected chi connectivity index (χ3v) is 3.23. The lowest BCUT2D eigenvalue weighted by molar-refractivity contribution is 0.0695. The molecule has 1 aromatic rings. The molecule has 0 atom stereocenters. The van der Waals surface area contributed by atoms with Gasteiger partial charge in [0.05, 0.1) is 12.1 Å². The van der Waals surface area contributed by atoms with Crippen LogP contribution in [0.3, 0.4) is 0 Å². The summed E-state index contributed by atoms with van der Waals surface area (Å²) in [5.74, 6) is -0.303. The van der Waals surface area contributed by atoms with Crippen LogP contribution in [0.1, 0.15) is 23.1 Å². The molecule has 1 N–H and O–H groups in total. The van der Waals surface area contributed by atoms with E-state index in [9.17, 15) is 4.79 Å². The number of aromatic carboxylic acids is 1. The Bertz CT molecular complexity index is 399. The molecule has 98 valence electrons. The van der Waals surface area contributed by atoms with Crippen molar-refractivity contribution in [2.45, 2.75) is 13.5 Å². The van der Waals surface area contributed by atoms with Crippen molar-refractivity contribution >= 4 is 5.97 Å². The Morgan fingerprint density at radius 3 is 2.28 bits per heavy atom. The molecule has 0 saturated carbocycles. The Morgan fingerprint density at radius 2 is 1.78 bits per heavy atom. The molecule has 2 rings (SSSR count). The SMILES string of the molecule is CCN1CCN(Cc2ncc(C(=O)O)cn2)CC1. The normalized spacial score (nSPS) is 17.8. The van der Waals surface area contributed by atoms with Gasteiger partial charge in [0.2, 0.25) is 0 Å². The van der Waals surface area contributed by atoms with Crippen molar-refractivity contribution in [3.63, 3.8) is 0 Å². The van der Waals surface area contributed by atoms with Crippen LogP contribution >= 0.6 is 0 Å². The second kappa shape index (κ2) is 5.88. The van der Waals surface area contributed by atoms with Gasteiger partial charge >= 0.3 is 5.97 Å². The molecule has 0 bridgehead atoms. The zero-order chi connectivity index (χ0) is 13.0. The fourth-order valence-electron chi connectivity index (χ4n) is 2.01. The van der Waals surface area contributed by atoms with Crippen molar-refractivity contribution < 1.29 is 9.90 Å². The molecule has 18 heavy (non-hydrogen) atoms. The minimum atomic E-state index is -0.988. The molecule has 1 aromatic heterocycles. The van der Waals surface area contributed by atoms with Gasteiger partial charge in [0.15, 0.2) is 0 Å². The van der Waals surface area contributed by atoms with Crippen LogP contribution in [-0.2, 0) is 6.54 Å². The van der Waals surface area contributed by atoms with E-state index in [1.807, 2.05) is 0 Å². The largest absolute Gasteiger partial charge is 0.478 e. The number of hydrogen-bond donors (Lipinski definition) is 1. The van der Waals surface area contributed by atoms with Crippen molar-refractivity contribution in [2.75, 3.05) is 32.7 Å². The molecule has 1 aliphatic heterocycles.